The second-order valence-electron chi connectivity index (χ2n) is 5.19. The SMILES string of the molecule is COC(=O)c1ccc(CNC(=O)/C=C/c2ccc(OC(F)F)cc2)cc1. The van der Waals surface area contributed by atoms with Crippen LogP contribution in [0.1, 0.15) is 21.5 Å². The molecule has 1 N–H and O–H groups in total. The molecule has 0 aromatic heterocycles. The summed E-state index contributed by atoms with van der Waals surface area (Å²) in [5.41, 5.74) is 1.93. The Labute approximate surface area is 149 Å². The lowest BCUT2D eigenvalue weighted by Crippen LogP contribution is -2.20. The Morgan fingerprint density at radius 3 is 2.31 bits per heavy atom. The van der Waals surface area contributed by atoms with Crippen LogP contribution in [-0.2, 0) is 16.1 Å². The highest BCUT2D eigenvalue weighted by Gasteiger charge is 2.05. The van der Waals surface area contributed by atoms with Gasteiger partial charge in [-0.1, -0.05) is 24.3 Å². The predicted molar refractivity (Wildman–Crippen MR) is 91.7 cm³/mol. The molecule has 0 spiro atoms. The second kappa shape index (κ2) is 9.31. The van der Waals surface area contributed by atoms with E-state index in [1.807, 2.05) is 0 Å². The van der Waals surface area contributed by atoms with E-state index in [-0.39, 0.29) is 11.7 Å². The maximum Gasteiger partial charge on any atom is 0.387 e. The predicted octanol–water partition coefficient (Wildman–Crippen LogP) is 3.40. The summed E-state index contributed by atoms with van der Waals surface area (Å²) in [7, 11) is 1.31. The number of hydrogen-bond acceptors (Lipinski definition) is 4. The van der Waals surface area contributed by atoms with Crippen LogP contribution in [0, 0.1) is 0 Å². The Morgan fingerprint density at radius 2 is 1.73 bits per heavy atom. The molecule has 0 heterocycles. The van der Waals surface area contributed by atoms with E-state index in [4.69, 9.17) is 0 Å². The van der Waals surface area contributed by atoms with Crippen LogP contribution in [0.5, 0.6) is 5.75 Å². The van der Waals surface area contributed by atoms with Crippen LogP contribution in [0.15, 0.2) is 54.6 Å². The van der Waals surface area contributed by atoms with Crippen molar-refractivity contribution < 1.29 is 27.8 Å². The Bertz CT molecular complexity index is 771. The minimum Gasteiger partial charge on any atom is -0.465 e. The number of nitrogens with one attached hydrogen (secondary N) is 1. The second-order valence-corrected chi connectivity index (χ2v) is 5.19. The lowest BCUT2D eigenvalue weighted by Gasteiger charge is -2.05. The summed E-state index contributed by atoms with van der Waals surface area (Å²) in [6.45, 7) is -2.57. The van der Waals surface area contributed by atoms with Crippen molar-refractivity contribution in [2.75, 3.05) is 7.11 Å². The highest BCUT2D eigenvalue weighted by Crippen LogP contribution is 2.15. The number of rotatable bonds is 7. The molecule has 7 heteroatoms. The van der Waals surface area contributed by atoms with E-state index >= 15 is 0 Å². The highest BCUT2D eigenvalue weighted by molar-refractivity contribution is 5.91. The third-order valence-corrected chi connectivity index (χ3v) is 3.37. The molecule has 0 aliphatic heterocycles. The lowest BCUT2D eigenvalue weighted by atomic mass is 10.1. The normalized spacial score (nSPS) is 10.8. The maximum atomic E-state index is 12.1. The fourth-order valence-corrected chi connectivity index (χ4v) is 2.06. The van der Waals surface area contributed by atoms with E-state index < -0.39 is 12.6 Å². The number of methoxy groups -OCH3 is 1. The summed E-state index contributed by atoms with van der Waals surface area (Å²) in [5, 5.41) is 2.70. The average Bonchev–Trinajstić information content (AvgIpc) is 2.65. The van der Waals surface area contributed by atoms with Gasteiger partial charge in [-0.3, -0.25) is 4.79 Å². The average molecular weight is 361 g/mol. The summed E-state index contributed by atoms with van der Waals surface area (Å²) in [5.74, 6) is -0.680. The first-order valence-electron chi connectivity index (χ1n) is 7.66. The number of alkyl halides is 2. The molecule has 0 unspecified atom stereocenters. The van der Waals surface area contributed by atoms with Gasteiger partial charge in [-0.15, -0.1) is 0 Å². The summed E-state index contributed by atoms with van der Waals surface area (Å²) >= 11 is 0. The fourth-order valence-electron chi connectivity index (χ4n) is 2.06. The Kier molecular flexibility index (Phi) is 6.84. The number of esters is 1. The molecule has 0 bridgehead atoms. The third kappa shape index (κ3) is 6.01. The first-order valence-corrected chi connectivity index (χ1v) is 7.66. The molecule has 0 saturated carbocycles. The third-order valence-electron chi connectivity index (χ3n) is 3.37. The molecule has 0 saturated heterocycles. The largest absolute Gasteiger partial charge is 0.465 e. The lowest BCUT2D eigenvalue weighted by molar-refractivity contribution is -0.116. The van der Waals surface area contributed by atoms with Crippen molar-refractivity contribution in [3.05, 3.63) is 71.3 Å². The van der Waals surface area contributed by atoms with Crippen molar-refractivity contribution >= 4 is 18.0 Å². The molecule has 0 atom stereocenters. The van der Waals surface area contributed by atoms with Gasteiger partial charge in [0.1, 0.15) is 5.75 Å². The van der Waals surface area contributed by atoms with Crippen molar-refractivity contribution in [3.63, 3.8) is 0 Å². The molecule has 0 aliphatic carbocycles. The number of ether oxygens (including phenoxy) is 2. The molecule has 2 aromatic carbocycles. The van der Waals surface area contributed by atoms with E-state index in [0.29, 0.717) is 17.7 Å². The van der Waals surface area contributed by atoms with Gasteiger partial charge in [-0.05, 0) is 41.5 Å². The van der Waals surface area contributed by atoms with Crippen LogP contribution in [0.3, 0.4) is 0 Å². The molecule has 0 fully saturated rings. The van der Waals surface area contributed by atoms with Gasteiger partial charge in [0.05, 0.1) is 12.7 Å². The smallest absolute Gasteiger partial charge is 0.387 e. The molecule has 5 nitrogen and oxygen atoms in total. The van der Waals surface area contributed by atoms with Gasteiger partial charge in [0.25, 0.3) is 0 Å². The minimum atomic E-state index is -2.87. The first kappa shape index (κ1) is 19.1. The van der Waals surface area contributed by atoms with Crippen molar-refractivity contribution in [3.8, 4) is 5.75 Å². The summed E-state index contributed by atoms with van der Waals surface area (Å²) in [4.78, 5) is 23.2. The zero-order chi connectivity index (χ0) is 18.9. The number of halogens is 2. The standard InChI is InChI=1S/C19H17F2NO4/c1-25-18(24)15-7-2-14(3-8-15)12-22-17(23)11-6-13-4-9-16(10-5-13)26-19(20)21/h2-11,19H,12H2,1H3,(H,22,23)/b11-6+. The van der Waals surface area contributed by atoms with Gasteiger partial charge in [-0.25, -0.2) is 4.79 Å². The number of amides is 1. The summed E-state index contributed by atoms with van der Waals surface area (Å²) in [6, 6.07) is 12.6. The highest BCUT2D eigenvalue weighted by atomic mass is 19.3. The van der Waals surface area contributed by atoms with Crippen molar-refractivity contribution in [2.24, 2.45) is 0 Å². The molecule has 26 heavy (non-hydrogen) atoms. The molecule has 0 radical (unpaired) electrons. The Morgan fingerprint density at radius 1 is 1.08 bits per heavy atom. The number of carbonyl (C=O) groups excluding carboxylic acids is 2. The van der Waals surface area contributed by atoms with Crippen LogP contribution < -0.4 is 10.1 Å². The quantitative estimate of drug-likeness (QED) is 0.606. The molecular weight excluding hydrogens is 344 g/mol. The molecule has 2 aromatic rings. The number of benzene rings is 2. The van der Waals surface area contributed by atoms with E-state index in [1.54, 1.807) is 42.5 Å². The van der Waals surface area contributed by atoms with Gasteiger partial charge >= 0.3 is 12.6 Å². The van der Waals surface area contributed by atoms with Gasteiger partial charge in [0.2, 0.25) is 5.91 Å². The fraction of sp³-hybridized carbons (Fsp3) is 0.158. The van der Waals surface area contributed by atoms with E-state index in [9.17, 15) is 18.4 Å². The Balaban J connectivity index is 1.84. The number of carbonyl (C=O) groups is 2. The molecule has 0 aliphatic rings. The molecule has 1 amide bonds. The van der Waals surface area contributed by atoms with Gasteiger partial charge in [0, 0.05) is 12.6 Å². The monoisotopic (exact) mass is 361 g/mol. The molecule has 2 rings (SSSR count). The molecule has 136 valence electrons. The van der Waals surface area contributed by atoms with Gasteiger partial charge in [0.15, 0.2) is 0 Å². The van der Waals surface area contributed by atoms with Crippen LogP contribution in [-0.4, -0.2) is 25.6 Å². The van der Waals surface area contributed by atoms with E-state index in [0.717, 1.165) is 5.56 Å². The van der Waals surface area contributed by atoms with Crippen molar-refractivity contribution in [2.45, 2.75) is 13.2 Å². The topological polar surface area (TPSA) is 64.6 Å². The van der Waals surface area contributed by atoms with Crippen molar-refractivity contribution in [1.82, 2.24) is 5.32 Å². The van der Waals surface area contributed by atoms with Crippen LogP contribution in [0.4, 0.5) is 8.78 Å². The van der Waals surface area contributed by atoms with Gasteiger partial charge < -0.3 is 14.8 Å². The summed E-state index contributed by atoms with van der Waals surface area (Å²) in [6.07, 6.45) is 2.90. The maximum absolute atomic E-state index is 12.1. The van der Waals surface area contributed by atoms with Crippen molar-refractivity contribution in [1.29, 1.82) is 0 Å². The van der Waals surface area contributed by atoms with Crippen LogP contribution in [0.25, 0.3) is 6.08 Å². The Hall–Kier alpha value is -3.22. The van der Waals surface area contributed by atoms with E-state index in [2.05, 4.69) is 14.8 Å². The minimum absolute atomic E-state index is 0.0528. The zero-order valence-corrected chi connectivity index (χ0v) is 13.9. The zero-order valence-electron chi connectivity index (χ0n) is 13.9. The number of hydrogen-bond donors (Lipinski definition) is 1. The summed E-state index contributed by atoms with van der Waals surface area (Å²) < 4.78 is 33.0. The first-order chi connectivity index (χ1) is 12.5. The molecular formula is C19H17F2NO4. The van der Waals surface area contributed by atoms with Crippen LogP contribution >= 0.6 is 0 Å². The van der Waals surface area contributed by atoms with E-state index in [1.165, 1.54) is 25.3 Å². The van der Waals surface area contributed by atoms with Crippen LogP contribution in [0.2, 0.25) is 0 Å². The van der Waals surface area contributed by atoms with Gasteiger partial charge in [-0.2, -0.15) is 8.78 Å².